The van der Waals surface area contributed by atoms with Gasteiger partial charge in [0, 0.05) is 33.6 Å². The zero-order valence-corrected chi connectivity index (χ0v) is 30.9. The number of hydrogen-bond acceptors (Lipinski definition) is 12. The van der Waals surface area contributed by atoms with Gasteiger partial charge in [0.25, 0.3) is 23.6 Å². The first kappa shape index (κ1) is 36.8. The first-order chi connectivity index (χ1) is 28.7. The molecule has 7 aromatic rings. The van der Waals surface area contributed by atoms with Gasteiger partial charge in [-0.15, -0.1) is 0 Å². The smallest absolute Gasteiger partial charge is 0.266 e. The van der Waals surface area contributed by atoms with Crippen LogP contribution in [-0.4, -0.2) is 54.3 Å². The Balaban J connectivity index is 0.998. The topological polar surface area (TPSA) is 248 Å². The average molecular weight is 799 g/mol. The van der Waals surface area contributed by atoms with Crippen LogP contribution in [-0.2, 0) is 0 Å². The van der Waals surface area contributed by atoms with Crippen LogP contribution in [0.5, 0.6) is 34.5 Å². The summed E-state index contributed by atoms with van der Waals surface area (Å²) in [6, 6.07) is 30.6. The highest BCUT2D eigenvalue weighted by Crippen LogP contribution is 2.53. The molecule has 2 heterocycles. The van der Waals surface area contributed by atoms with E-state index in [4.69, 9.17) is 11.5 Å². The molecule has 0 atom stereocenters. The number of nitrogens with zero attached hydrogens (tertiary/aromatic N) is 2. The SMILES string of the molecule is Nc1ccc(-c2ccc3c(c2)C(=O)N(c2ccc(-c4ccc(-c5ccc(N6C(=O)c7ccc(-c8ccc(N)cc8)cc7C6=O)c(O)c5O)c(O)c4O)c(O)c2O)C3=O)cc1. The monoisotopic (exact) mass is 798 g/mol. The molecule has 0 aliphatic carbocycles. The van der Waals surface area contributed by atoms with Gasteiger partial charge in [-0.2, -0.15) is 0 Å². The number of carbonyl (C=O) groups is 4. The third-order valence-corrected chi connectivity index (χ3v) is 10.7. The number of hydrogen-bond donors (Lipinski definition) is 8. The van der Waals surface area contributed by atoms with E-state index in [1.807, 2.05) is 0 Å². The summed E-state index contributed by atoms with van der Waals surface area (Å²) in [7, 11) is 0. The predicted octanol–water partition coefficient (Wildman–Crippen LogP) is 7.35. The Kier molecular flexibility index (Phi) is 8.24. The van der Waals surface area contributed by atoms with Crippen molar-refractivity contribution in [3.8, 4) is 79.0 Å². The largest absolute Gasteiger partial charge is 0.504 e. The van der Waals surface area contributed by atoms with E-state index in [0.717, 1.165) is 20.9 Å². The summed E-state index contributed by atoms with van der Waals surface area (Å²) in [5.74, 6) is -8.01. The lowest BCUT2D eigenvalue weighted by Gasteiger charge is -2.19. The van der Waals surface area contributed by atoms with Crippen LogP contribution in [0.25, 0.3) is 44.5 Å². The molecule has 0 radical (unpaired) electrons. The lowest BCUT2D eigenvalue weighted by Crippen LogP contribution is -2.29. The van der Waals surface area contributed by atoms with Gasteiger partial charge >= 0.3 is 0 Å². The molecule has 0 aromatic heterocycles. The van der Waals surface area contributed by atoms with E-state index < -0.39 is 58.1 Å². The van der Waals surface area contributed by atoms with Crippen molar-refractivity contribution in [3.63, 3.8) is 0 Å². The first-order valence-electron chi connectivity index (χ1n) is 18.2. The zero-order valence-electron chi connectivity index (χ0n) is 30.9. The van der Waals surface area contributed by atoms with Crippen LogP contribution in [0.15, 0.2) is 121 Å². The van der Waals surface area contributed by atoms with Gasteiger partial charge in [-0.3, -0.25) is 19.2 Å². The van der Waals surface area contributed by atoms with Crippen molar-refractivity contribution in [2.75, 3.05) is 21.3 Å². The van der Waals surface area contributed by atoms with E-state index in [-0.39, 0.29) is 55.9 Å². The molecule has 0 saturated carbocycles. The lowest BCUT2D eigenvalue weighted by atomic mass is 9.95. The molecular formula is C46H30N4O10. The van der Waals surface area contributed by atoms with Gasteiger partial charge in [0.1, 0.15) is 0 Å². The third-order valence-electron chi connectivity index (χ3n) is 10.7. The first-order valence-corrected chi connectivity index (χ1v) is 18.2. The maximum Gasteiger partial charge on any atom is 0.266 e. The fraction of sp³-hybridized carbons (Fsp3) is 0. The van der Waals surface area contributed by atoms with Crippen LogP contribution < -0.4 is 21.3 Å². The summed E-state index contributed by atoms with van der Waals surface area (Å²) < 4.78 is 0. The van der Waals surface area contributed by atoms with Gasteiger partial charge < -0.3 is 42.1 Å². The Bertz CT molecular complexity index is 2850. The molecule has 0 bridgehead atoms. The van der Waals surface area contributed by atoms with E-state index >= 15 is 0 Å². The minimum atomic E-state index is -0.864. The highest BCUT2D eigenvalue weighted by atomic mass is 16.3. The van der Waals surface area contributed by atoms with Crippen LogP contribution in [0.1, 0.15) is 41.4 Å². The maximum atomic E-state index is 13.6. The summed E-state index contributed by atoms with van der Waals surface area (Å²) in [6.07, 6.45) is 0. The molecule has 7 aromatic carbocycles. The van der Waals surface area contributed by atoms with Crippen LogP contribution in [0.2, 0.25) is 0 Å². The third kappa shape index (κ3) is 5.50. The minimum Gasteiger partial charge on any atom is -0.504 e. The van der Waals surface area contributed by atoms with Gasteiger partial charge in [-0.1, -0.05) is 36.4 Å². The number of phenols is 6. The Hall–Kier alpha value is -8.78. The summed E-state index contributed by atoms with van der Waals surface area (Å²) in [5.41, 5.74) is 14.3. The van der Waals surface area contributed by atoms with Crippen molar-refractivity contribution in [2.24, 2.45) is 0 Å². The second-order valence-corrected chi connectivity index (χ2v) is 14.2. The van der Waals surface area contributed by atoms with E-state index in [1.54, 1.807) is 72.8 Å². The van der Waals surface area contributed by atoms with Gasteiger partial charge in [0.15, 0.2) is 34.5 Å². The number of anilines is 4. The molecule has 0 spiro atoms. The normalized spacial score (nSPS) is 13.3. The highest BCUT2D eigenvalue weighted by Gasteiger charge is 2.40. The lowest BCUT2D eigenvalue weighted by molar-refractivity contribution is 0.0909. The average Bonchev–Trinajstić information content (AvgIpc) is 3.64. The van der Waals surface area contributed by atoms with Gasteiger partial charge in [-0.25, -0.2) is 9.80 Å². The Labute approximate surface area is 339 Å². The summed E-state index contributed by atoms with van der Waals surface area (Å²) in [4.78, 5) is 55.5. The number of amides is 4. The fourth-order valence-electron chi connectivity index (χ4n) is 7.58. The molecule has 14 nitrogen and oxygen atoms in total. The number of aromatic hydroxyl groups is 6. The van der Waals surface area contributed by atoms with Crippen LogP contribution in [0.3, 0.4) is 0 Å². The molecular weight excluding hydrogens is 769 g/mol. The molecule has 2 aliphatic rings. The predicted molar refractivity (Wildman–Crippen MR) is 222 cm³/mol. The minimum absolute atomic E-state index is 0.0745. The quantitative estimate of drug-likeness (QED) is 0.0467. The van der Waals surface area contributed by atoms with Gasteiger partial charge in [0.2, 0.25) is 0 Å². The molecule has 0 unspecified atom stereocenters. The van der Waals surface area contributed by atoms with Crippen LogP contribution >= 0.6 is 0 Å². The van der Waals surface area contributed by atoms with Crippen molar-refractivity contribution in [2.45, 2.75) is 0 Å². The molecule has 294 valence electrons. The number of nitrogens with two attached hydrogens (primary N) is 2. The van der Waals surface area contributed by atoms with Crippen molar-refractivity contribution in [1.82, 2.24) is 0 Å². The summed E-state index contributed by atoms with van der Waals surface area (Å²) >= 11 is 0. The van der Waals surface area contributed by atoms with Crippen LogP contribution in [0.4, 0.5) is 22.7 Å². The van der Waals surface area contributed by atoms with Crippen LogP contribution in [0, 0.1) is 0 Å². The molecule has 60 heavy (non-hydrogen) atoms. The zero-order chi connectivity index (χ0) is 42.3. The Morgan fingerprint density at radius 1 is 0.300 bits per heavy atom. The molecule has 2 aliphatic heterocycles. The highest BCUT2D eigenvalue weighted by molar-refractivity contribution is 6.36. The van der Waals surface area contributed by atoms with Gasteiger partial charge in [-0.05, 0) is 107 Å². The Morgan fingerprint density at radius 3 is 0.917 bits per heavy atom. The molecule has 14 heteroatoms. The number of carbonyl (C=O) groups excluding carboxylic acids is 4. The fourth-order valence-corrected chi connectivity index (χ4v) is 7.58. The van der Waals surface area contributed by atoms with E-state index in [0.29, 0.717) is 22.5 Å². The number of phenolic OH excluding ortho intramolecular Hbond substituents is 6. The molecule has 9 rings (SSSR count). The second-order valence-electron chi connectivity index (χ2n) is 14.2. The van der Waals surface area contributed by atoms with E-state index in [2.05, 4.69) is 0 Å². The number of nitrogen functional groups attached to an aromatic ring is 2. The van der Waals surface area contributed by atoms with E-state index in [9.17, 15) is 49.8 Å². The van der Waals surface area contributed by atoms with Crippen molar-refractivity contribution in [3.05, 3.63) is 144 Å². The van der Waals surface area contributed by atoms with Crippen molar-refractivity contribution in [1.29, 1.82) is 0 Å². The maximum absolute atomic E-state index is 13.6. The second kappa shape index (κ2) is 13.4. The summed E-state index contributed by atoms with van der Waals surface area (Å²) in [6.45, 7) is 0. The molecule has 0 saturated heterocycles. The number of fused-ring (bicyclic) bond motifs is 2. The van der Waals surface area contributed by atoms with Crippen molar-refractivity contribution >= 4 is 46.4 Å². The number of rotatable bonds is 6. The standard InChI is InChI=1S/C46H30N4O10/c47-25-7-1-21(2-8-25)23-5-11-31-33(19-23)45(59)49(43(31)57)35-17-15-29(39(53)41(35)55)27-13-14-28(38(52)37(27)51)30-16-18-36(42(56)40(30)54)50-44(58)32-12-6-24(20-34(32)46(50)60)22-3-9-26(48)10-4-22/h1-20,51-56H,47-48H2. The Morgan fingerprint density at radius 2 is 0.567 bits per heavy atom. The summed E-state index contributed by atoms with van der Waals surface area (Å²) in [5, 5.41) is 67.0. The number of benzene rings is 7. The molecule has 0 fully saturated rings. The number of imide groups is 2. The van der Waals surface area contributed by atoms with Crippen molar-refractivity contribution < 1.29 is 49.8 Å². The molecule has 4 amide bonds. The van der Waals surface area contributed by atoms with E-state index in [1.165, 1.54) is 48.5 Å². The molecule has 10 N–H and O–H groups in total. The van der Waals surface area contributed by atoms with Gasteiger partial charge in [0.05, 0.1) is 33.6 Å².